The van der Waals surface area contributed by atoms with Gasteiger partial charge in [-0.3, -0.25) is 10.0 Å². The maximum Gasteiger partial charge on any atom is 0.262 e. The molecule has 2 aromatic carbocycles. The average molecular weight is 487 g/mol. The van der Waals surface area contributed by atoms with Crippen LogP contribution in [0, 0.1) is 11.2 Å². The summed E-state index contributed by atoms with van der Waals surface area (Å²) in [6, 6.07) is 8.26. The third kappa shape index (κ3) is 5.05. The van der Waals surface area contributed by atoms with Gasteiger partial charge in [-0.25, -0.2) is 18.3 Å². The van der Waals surface area contributed by atoms with Crippen molar-refractivity contribution in [2.75, 3.05) is 6.54 Å². The van der Waals surface area contributed by atoms with Crippen molar-refractivity contribution in [3.63, 3.8) is 0 Å². The highest BCUT2D eigenvalue weighted by Gasteiger charge is 2.50. The Hall–Kier alpha value is -2.24. The van der Waals surface area contributed by atoms with Crippen LogP contribution in [-0.4, -0.2) is 47.6 Å². The van der Waals surface area contributed by atoms with Crippen LogP contribution in [0.4, 0.5) is 4.39 Å². The van der Waals surface area contributed by atoms with E-state index in [1.807, 2.05) is 0 Å². The predicted octanol–water partition coefficient (Wildman–Crippen LogP) is 2.71. The van der Waals surface area contributed by atoms with Crippen LogP contribution in [0.15, 0.2) is 47.4 Å². The van der Waals surface area contributed by atoms with Gasteiger partial charge in [-0.1, -0.05) is 25.4 Å². The second kappa shape index (κ2) is 9.32. The number of nitrogens with zero attached hydrogens (tertiary/aromatic N) is 1. The second-order valence-electron chi connectivity index (χ2n) is 8.30. The van der Waals surface area contributed by atoms with Gasteiger partial charge in [0.15, 0.2) is 0 Å². The number of aliphatic hydroxyl groups is 1. The molecule has 3 N–H and O–H groups in total. The summed E-state index contributed by atoms with van der Waals surface area (Å²) in [6.07, 6.45) is -0.790. The molecule has 1 aliphatic heterocycles. The van der Waals surface area contributed by atoms with Crippen LogP contribution in [0.2, 0.25) is 5.02 Å². The number of hydrogen-bond donors (Lipinski definition) is 3. The highest BCUT2D eigenvalue weighted by molar-refractivity contribution is 7.89. The topological polar surface area (TPSA) is 116 Å². The Labute approximate surface area is 190 Å². The Morgan fingerprint density at radius 2 is 1.94 bits per heavy atom. The lowest BCUT2D eigenvalue weighted by Crippen LogP contribution is -2.62. The fraction of sp³-hybridized carbons (Fsp3) is 0.381. The Morgan fingerprint density at radius 1 is 1.28 bits per heavy atom. The Kier molecular flexibility index (Phi) is 7.11. The molecule has 1 aliphatic rings. The number of hydroxylamine groups is 1. The molecule has 1 amide bonds. The molecule has 1 heterocycles. The molecule has 0 spiro atoms. The smallest absolute Gasteiger partial charge is 0.262 e. The molecule has 0 aromatic heterocycles. The quantitative estimate of drug-likeness (QED) is 0.427. The van der Waals surface area contributed by atoms with E-state index in [-0.39, 0.29) is 30.0 Å². The van der Waals surface area contributed by atoms with Crippen molar-refractivity contribution in [3.8, 4) is 5.75 Å². The molecule has 1 fully saturated rings. The number of halogens is 2. The number of hydrogen-bond acceptors (Lipinski definition) is 6. The zero-order valence-corrected chi connectivity index (χ0v) is 19.0. The van der Waals surface area contributed by atoms with Crippen molar-refractivity contribution >= 4 is 27.5 Å². The number of carbonyl (C=O) groups is 1. The minimum absolute atomic E-state index is 0.107. The molecule has 8 nitrogen and oxygen atoms in total. The number of ether oxygens (including phenoxy) is 1. The lowest BCUT2D eigenvalue weighted by atomic mass is 9.76. The molecular weight excluding hydrogens is 463 g/mol. The fourth-order valence-corrected chi connectivity index (χ4v) is 5.90. The Bertz CT molecular complexity index is 1090. The summed E-state index contributed by atoms with van der Waals surface area (Å²) < 4.78 is 46.8. The molecule has 0 unspecified atom stereocenters. The largest absolute Gasteiger partial charge is 0.489 e. The maximum absolute atomic E-state index is 13.8. The van der Waals surface area contributed by atoms with Crippen LogP contribution in [-0.2, 0) is 21.4 Å². The number of aliphatic hydroxyl groups excluding tert-OH is 1. The van der Waals surface area contributed by atoms with Crippen molar-refractivity contribution in [3.05, 3.63) is 58.9 Å². The summed E-state index contributed by atoms with van der Waals surface area (Å²) in [5.41, 5.74) is 0.840. The fourth-order valence-electron chi connectivity index (χ4n) is 3.93. The first kappa shape index (κ1) is 24.4. The van der Waals surface area contributed by atoms with Crippen molar-refractivity contribution in [2.45, 2.75) is 43.9 Å². The molecule has 0 saturated carbocycles. The number of benzene rings is 2. The van der Waals surface area contributed by atoms with Gasteiger partial charge in [0.05, 0.1) is 11.0 Å². The first-order valence-corrected chi connectivity index (χ1v) is 11.6. The number of carbonyl (C=O) groups excluding carboxylic acids is 1. The lowest BCUT2D eigenvalue weighted by Gasteiger charge is -2.45. The minimum Gasteiger partial charge on any atom is -0.489 e. The Morgan fingerprint density at radius 3 is 2.56 bits per heavy atom. The normalized spacial score (nSPS) is 21.2. The van der Waals surface area contributed by atoms with Gasteiger partial charge in [0, 0.05) is 17.1 Å². The summed E-state index contributed by atoms with van der Waals surface area (Å²) in [4.78, 5) is 12.2. The van der Waals surface area contributed by atoms with Gasteiger partial charge in [0.1, 0.15) is 24.2 Å². The van der Waals surface area contributed by atoms with Gasteiger partial charge in [-0.2, -0.15) is 4.31 Å². The molecule has 2 aromatic rings. The zero-order valence-electron chi connectivity index (χ0n) is 17.5. The molecule has 0 aliphatic carbocycles. The van der Waals surface area contributed by atoms with Crippen LogP contribution in [0.25, 0.3) is 0 Å². The van der Waals surface area contributed by atoms with E-state index in [1.54, 1.807) is 13.8 Å². The molecule has 32 heavy (non-hydrogen) atoms. The van der Waals surface area contributed by atoms with E-state index in [0.29, 0.717) is 10.8 Å². The monoisotopic (exact) mass is 486 g/mol. The molecule has 0 radical (unpaired) electrons. The van der Waals surface area contributed by atoms with Gasteiger partial charge in [-0.05, 0) is 54.3 Å². The van der Waals surface area contributed by atoms with Crippen molar-refractivity contribution < 1.29 is 32.7 Å². The summed E-state index contributed by atoms with van der Waals surface area (Å²) in [6.45, 7) is 2.88. The van der Waals surface area contributed by atoms with Crippen LogP contribution in [0.3, 0.4) is 0 Å². The van der Waals surface area contributed by atoms with Gasteiger partial charge in [-0.15, -0.1) is 0 Å². The zero-order chi connectivity index (χ0) is 23.7. The molecule has 3 rings (SSSR count). The van der Waals surface area contributed by atoms with Crippen molar-refractivity contribution in [1.82, 2.24) is 9.79 Å². The standard InChI is InChI=1S/C21H24ClFN2O6S/c1-21(2)10-15(26)11-25(19(21)20(27)24-28)32(29,30)17-6-4-16(5-7-17)31-12-13-9-14(22)3-8-18(13)23/h3-9,15,19,26,28H,10-12H2,1-2H3,(H,24,27)/t15-,19+/m1/s1. The van der Waals surface area contributed by atoms with E-state index in [2.05, 4.69) is 0 Å². The van der Waals surface area contributed by atoms with E-state index < -0.39 is 39.3 Å². The molecule has 11 heteroatoms. The summed E-state index contributed by atoms with van der Waals surface area (Å²) in [5, 5.41) is 19.7. The maximum atomic E-state index is 13.8. The lowest BCUT2D eigenvalue weighted by molar-refractivity contribution is -0.140. The van der Waals surface area contributed by atoms with Gasteiger partial charge >= 0.3 is 0 Å². The minimum atomic E-state index is -4.20. The number of piperidine rings is 1. The van der Waals surface area contributed by atoms with Crippen molar-refractivity contribution in [2.24, 2.45) is 5.41 Å². The third-order valence-electron chi connectivity index (χ3n) is 5.37. The van der Waals surface area contributed by atoms with E-state index in [1.165, 1.54) is 47.9 Å². The summed E-state index contributed by atoms with van der Waals surface area (Å²) >= 11 is 5.86. The SMILES string of the molecule is CC1(C)C[C@@H](O)CN(S(=O)(=O)c2ccc(OCc3cc(Cl)ccc3F)cc2)[C@H]1C(=O)NO. The third-order valence-corrected chi connectivity index (χ3v) is 7.45. The van der Waals surface area contributed by atoms with E-state index in [4.69, 9.17) is 21.5 Å². The van der Waals surface area contributed by atoms with E-state index >= 15 is 0 Å². The highest BCUT2D eigenvalue weighted by atomic mass is 35.5. The molecular formula is C21H24ClFN2O6S. The van der Waals surface area contributed by atoms with Gasteiger partial charge in [0.2, 0.25) is 10.0 Å². The van der Waals surface area contributed by atoms with E-state index in [0.717, 1.165) is 4.31 Å². The average Bonchev–Trinajstić information content (AvgIpc) is 2.73. The molecule has 174 valence electrons. The number of rotatable bonds is 6. The van der Waals surface area contributed by atoms with Gasteiger partial charge < -0.3 is 9.84 Å². The summed E-state index contributed by atoms with van der Waals surface area (Å²) in [7, 11) is -4.20. The predicted molar refractivity (Wildman–Crippen MR) is 114 cm³/mol. The van der Waals surface area contributed by atoms with Crippen molar-refractivity contribution in [1.29, 1.82) is 0 Å². The number of amides is 1. The Balaban J connectivity index is 1.83. The number of sulfonamides is 1. The number of nitrogens with one attached hydrogen (secondary N) is 1. The summed E-state index contributed by atoms with van der Waals surface area (Å²) in [5.74, 6) is -1.06. The molecule has 0 bridgehead atoms. The second-order valence-corrected chi connectivity index (χ2v) is 10.6. The van der Waals surface area contributed by atoms with Gasteiger partial charge in [0.25, 0.3) is 5.91 Å². The molecule has 2 atom stereocenters. The van der Waals surface area contributed by atoms with Crippen LogP contribution < -0.4 is 10.2 Å². The first-order valence-electron chi connectivity index (χ1n) is 9.76. The first-order chi connectivity index (χ1) is 15.0. The molecule has 1 saturated heterocycles. The highest BCUT2D eigenvalue weighted by Crippen LogP contribution is 2.38. The van der Waals surface area contributed by atoms with Crippen LogP contribution >= 0.6 is 11.6 Å². The van der Waals surface area contributed by atoms with Crippen LogP contribution in [0.1, 0.15) is 25.8 Å². The van der Waals surface area contributed by atoms with E-state index in [9.17, 15) is 22.7 Å². The number of β-amino-alcohol motifs (C(OH)–C–C–N with tert-alkyl or cyclic N) is 1. The van der Waals surface area contributed by atoms with Crippen LogP contribution in [0.5, 0.6) is 5.75 Å².